The first-order valence-corrected chi connectivity index (χ1v) is 8.69. The number of carbonyl (C=O) groups is 3. The van der Waals surface area contributed by atoms with Crippen molar-refractivity contribution in [2.75, 3.05) is 24.8 Å². The summed E-state index contributed by atoms with van der Waals surface area (Å²) in [7, 11) is 0. The van der Waals surface area contributed by atoms with Crippen LogP contribution in [0.1, 0.15) is 23.2 Å². The van der Waals surface area contributed by atoms with E-state index in [1.54, 1.807) is 30.3 Å². The van der Waals surface area contributed by atoms with Crippen molar-refractivity contribution in [3.05, 3.63) is 35.9 Å². The summed E-state index contributed by atoms with van der Waals surface area (Å²) in [5, 5.41) is 20.9. The maximum absolute atomic E-state index is 12.9. The first-order chi connectivity index (χ1) is 11.9. The molecule has 0 bridgehead atoms. The lowest BCUT2D eigenvalue weighted by atomic mass is 10.1. The lowest BCUT2D eigenvalue weighted by Gasteiger charge is -2.38. The number of alkyl halides is 2. The lowest BCUT2D eigenvalue weighted by molar-refractivity contribution is -0.150. The molecule has 0 aromatic heterocycles. The number of hydrogen-bond acceptors (Lipinski definition) is 4. The minimum Gasteiger partial charge on any atom is -0.481 e. The number of rotatable bonds is 11. The summed E-state index contributed by atoms with van der Waals surface area (Å²) in [6, 6.07) is 6.83. The van der Waals surface area contributed by atoms with Crippen LogP contribution in [-0.4, -0.2) is 69.0 Å². The highest BCUT2D eigenvalue weighted by Gasteiger charge is 2.34. The highest BCUT2D eigenvalue weighted by Crippen LogP contribution is 2.17. The summed E-state index contributed by atoms with van der Waals surface area (Å²) in [5.41, 5.74) is 0.290. The fourth-order valence-electron chi connectivity index (χ4n) is 2.31. The number of aliphatic carboxylic acids is 2. The molecule has 1 aromatic rings. The van der Waals surface area contributed by atoms with Crippen LogP contribution in [0.15, 0.2) is 30.3 Å². The zero-order valence-corrected chi connectivity index (χ0v) is 15.0. The van der Waals surface area contributed by atoms with Crippen LogP contribution in [-0.2, 0) is 9.59 Å². The first-order valence-electron chi connectivity index (χ1n) is 7.62. The molecule has 2 N–H and O–H groups in total. The van der Waals surface area contributed by atoms with E-state index in [0.717, 1.165) is 5.01 Å². The Balaban J connectivity index is 3.24. The molecule has 0 radical (unpaired) electrons. The van der Waals surface area contributed by atoms with Gasteiger partial charge in [-0.25, -0.2) is 9.80 Å². The highest BCUT2D eigenvalue weighted by atomic mass is 35.5. The maximum atomic E-state index is 12.9. The molecule has 0 saturated heterocycles. The van der Waals surface area contributed by atoms with Gasteiger partial charge in [-0.05, 0) is 18.6 Å². The molecule has 1 amide bonds. The molecule has 9 heteroatoms. The Kier molecular flexibility index (Phi) is 9.26. The van der Waals surface area contributed by atoms with E-state index in [2.05, 4.69) is 0 Å². The van der Waals surface area contributed by atoms with Gasteiger partial charge in [0.25, 0.3) is 5.91 Å². The summed E-state index contributed by atoms with van der Waals surface area (Å²) < 4.78 is 0. The molecule has 25 heavy (non-hydrogen) atoms. The van der Waals surface area contributed by atoms with E-state index in [1.807, 2.05) is 0 Å². The van der Waals surface area contributed by atoms with Crippen LogP contribution in [0, 0.1) is 0 Å². The van der Waals surface area contributed by atoms with Gasteiger partial charge in [-0.3, -0.25) is 14.6 Å². The number of carbonyl (C=O) groups excluding carboxylic acids is 1. The number of hydrogen-bond donors (Lipinski definition) is 2. The summed E-state index contributed by atoms with van der Waals surface area (Å²) in [6.45, 7) is 0.396. The number of benzene rings is 1. The smallest absolute Gasteiger partial charge is 0.328 e. The number of hydrazine groups is 1. The third kappa shape index (κ3) is 6.53. The number of halogens is 2. The van der Waals surface area contributed by atoms with Crippen LogP contribution < -0.4 is 0 Å². The van der Waals surface area contributed by atoms with Gasteiger partial charge in [0.05, 0.1) is 0 Å². The fourth-order valence-corrected chi connectivity index (χ4v) is 2.70. The average Bonchev–Trinajstić information content (AvgIpc) is 2.58. The van der Waals surface area contributed by atoms with Gasteiger partial charge in [0.15, 0.2) is 0 Å². The molecule has 1 aromatic carbocycles. The predicted octanol–water partition coefficient (Wildman–Crippen LogP) is 2.14. The SMILES string of the molecule is O=C(O)CCC(C(=O)O)N(C(=O)c1ccccc1)N(CCCl)CCCl. The Labute approximate surface area is 155 Å². The highest BCUT2D eigenvalue weighted by molar-refractivity contribution is 6.18. The molecule has 0 spiro atoms. The predicted molar refractivity (Wildman–Crippen MR) is 93.9 cm³/mol. The molecule has 0 heterocycles. The first kappa shape index (κ1) is 21.2. The van der Waals surface area contributed by atoms with Crippen LogP contribution in [0.5, 0.6) is 0 Å². The average molecular weight is 391 g/mol. The van der Waals surface area contributed by atoms with Crippen molar-refractivity contribution < 1.29 is 24.6 Å². The molecule has 0 saturated carbocycles. The second-order valence-electron chi connectivity index (χ2n) is 5.13. The zero-order valence-electron chi connectivity index (χ0n) is 13.5. The minimum atomic E-state index is -1.34. The van der Waals surface area contributed by atoms with E-state index in [9.17, 15) is 19.5 Å². The third-order valence-electron chi connectivity index (χ3n) is 3.43. The van der Waals surface area contributed by atoms with Crippen molar-refractivity contribution in [1.29, 1.82) is 0 Å². The Morgan fingerprint density at radius 1 is 1.00 bits per heavy atom. The fraction of sp³-hybridized carbons (Fsp3) is 0.438. The van der Waals surface area contributed by atoms with Crippen molar-refractivity contribution in [2.45, 2.75) is 18.9 Å². The van der Waals surface area contributed by atoms with Crippen LogP contribution in [0.3, 0.4) is 0 Å². The van der Waals surface area contributed by atoms with Crippen molar-refractivity contribution in [2.24, 2.45) is 0 Å². The van der Waals surface area contributed by atoms with Crippen LogP contribution in [0.2, 0.25) is 0 Å². The largest absolute Gasteiger partial charge is 0.481 e. The Bertz CT molecular complexity index is 579. The summed E-state index contributed by atoms with van der Waals surface area (Å²) in [6.07, 6.45) is -0.616. The van der Waals surface area contributed by atoms with E-state index in [0.29, 0.717) is 5.56 Å². The third-order valence-corrected chi connectivity index (χ3v) is 3.77. The summed E-state index contributed by atoms with van der Waals surface area (Å²) >= 11 is 11.5. The molecular weight excluding hydrogens is 371 g/mol. The van der Waals surface area contributed by atoms with E-state index in [4.69, 9.17) is 28.3 Å². The van der Waals surface area contributed by atoms with Gasteiger partial charge in [-0.2, -0.15) is 0 Å². The van der Waals surface area contributed by atoms with Crippen molar-refractivity contribution in [3.63, 3.8) is 0 Å². The lowest BCUT2D eigenvalue weighted by Crippen LogP contribution is -2.56. The normalized spacial score (nSPS) is 12.0. The zero-order chi connectivity index (χ0) is 18.8. The van der Waals surface area contributed by atoms with E-state index in [1.165, 1.54) is 5.01 Å². The molecule has 1 atom stereocenters. The standard InChI is InChI=1S/C16H20Cl2N2O5/c17-8-10-19(11-9-18)20(13(16(24)25)6-7-14(21)22)15(23)12-4-2-1-3-5-12/h1-5,13H,6-11H2,(H,21,22)(H,24,25). The van der Waals surface area contributed by atoms with Gasteiger partial charge in [0, 0.05) is 36.8 Å². The number of carboxylic acid groups (broad SMARTS) is 2. The molecular formula is C16H20Cl2N2O5. The monoisotopic (exact) mass is 390 g/mol. The van der Waals surface area contributed by atoms with Gasteiger partial charge in [0.2, 0.25) is 0 Å². The number of nitrogens with zero attached hydrogens (tertiary/aromatic N) is 2. The molecule has 1 rings (SSSR count). The number of amides is 1. The van der Waals surface area contributed by atoms with E-state index in [-0.39, 0.29) is 37.7 Å². The Morgan fingerprint density at radius 2 is 1.56 bits per heavy atom. The Hall–Kier alpha value is -1.83. The summed E-state index contributed by atoms with van der Waals surface area (Å²) in [5.74, 6) is -2.67. The van der Waals surface area contributed by atoms with Gasteiger partial charge < -0.3 is 10.2 Å². The quantitative estimate of drug-likeness (QED) is 0.443. The van der Waals surface area contributed by atoms with Gasteiger partial charge >= 0.3 is 11.9 Å². The molecule has 0 aliphatic carbocycles. The van der Waals surface area contributed by atoms with Crippen LogP contribution in [0.25, 0.3) is 0 Å². The molecule has 1 unspecified atom stereocenters. The number of carboxylic acids is 2. The van der Waals surface area contributed by atoms with E-state index < -0.39 is 23.9 Å². The van der Waals surface area contributed by atoms with Gasteiger partial charge in [0.1, 0.15) is 6.04 Å². The topological polar surface area (TPSA) is 98.1 Å². The second-order valence-corrected chi connectivity index (χ2v) is 5.89. The maximum Gasteiger partial charge on any atom is 0.328 e. The van der Waals surface area contributed by atoms with Crippen LogP contribution in [0.4, 0.5) is 0 Å². The molecule has 0 aliphatic rings. The van der Waals surface area contributed by atoms with Gasteiger partial charge in [-0.1, -0.05) is 18.2 Å². The van der Waals surface area contributed by atoms with Crippen molar-refractivity contribution in [3.8, 4) is 0 Å². The van der Waals surface area contributed by atoms with Crippen LogP contribution >= 0.6 is 23.2 Å². The van der Waals surface area contributed by atoms with E-state index >= 15 is 0 Å². The Morgan fingerprint density at radius 3 is 2.00 bits per heavy atom. The van der Waals surface area contributed by atoms with Gasteiger partial charge in [-0.15, -0.1) is 23.2 Å². The molecule has 138 valence electrons. The van der Waals surface area contributed by atoms with Crippen molar-refractivity contribution >= 4 is 41.0 Å². The molecule has 7 nitrogen and oxygen atoms in total. The summed E-state index contributed by atoms with van der Waals surface area (Å²) in [4.78, 5) is 35.5. The second kappa shape index (κ2) is 10.9. The molecule has 0 aliphatic heterocycles. The van der Waals surface area contributed by atoms with Crippen molar-refractivity contribution in [1.82, 2.24) is 10.0 Å². The minimum absolute atomic E-state index is 0.154. The molecule has 0 fully saturated rings.